The standard InChI is InChI=1S/C44H72O3/c1-3-4-5-6-7-8-9-10-11-12-13-14-15-16-17-18-19-20-21-22-23-24-25-26-27-31-34-44(45)47-40(2)42-35-37-43(38-36-42)46-39-41-32-29-28-30-33-41/h28-30,32-33,35-38,40H,3-27,31,34,39H2,1-2H3. The highest BCUT2D eigenvalue weighted by Crippen LogP contribution is 2.22. The molecule has 0 fully saturated rings. The number of carbonyl (C=O) groups is 1. The zero-order valence-electron chi connectivity index (χ0n) is 30.8. The van der Waals surface area contributed by atoms with Gasteiger partial charge >= 0.3 is 5.97 Å². The first-order valence-corrected chi connectivity index (χ1v) is 20.1. The van der Waals surface area contributed by atoms with Crippen LogP contribution in [-0.4, -0.2) is 5.97 Å². The minimum absolute atomic E-state index is 0.0914. The fourth-order valence-corrected chi connectivity index (χ4v) is 6.49. The summed E-state index contributed by atoms with van der Waals surface area (Å²) in [4.78, 5) is 12.3. The largest absolute Gasteiger partial charge is 0.489 e. The van der Waals surface area contributed by atoms with E-state index in [4.69, 9.17) is 9.47 Å². The van der Waals surface area contributed by atoms with Crippen LogP contribution in [0.4, 0.5) is 0 Å². The zero-order chi connectivity index (χ0) is 33.5. The lowest BCUT2D eigenvalue weighted by Gasteiger charge is -2.14. The Morgan fingerprint density at radius 1 is 0.511 bits per heavy atom. The fraction of sp³-hybridized carbons (Fsp3) is 0.705. The van der Waals surface area contributed by atoms with Gasteiger partial charge < -0.3 is 9.47 Å². The molecule has 0 spiro atoms. The van der Waals surface area contributed by atoms with Gasteiger partial charge in [0.1, 0.15) is 18.5 Å². The van der Waals surface area contributed by atoms with Crippen LogP contribution in [-0.2, 0) is 16.1 Å². The normalized spacial score (nSPS) is 11.9. The molecule has 2 rings (SSSR count). The maximum Gasteiger partial charge on any atom is 0.306 e. The van der Waals surface area contributed by atoms with Crippen LogP contribution in [0.5, 0.6) is 5.75 Å². The van der Waals surface area contributed by atoms with Gasteiger partial charge in [0.25, 0.3) is 0 Å². The molecule has 0 heterocycles. The summed E-state index contributed by atoms with van der Waals surface area (Å²) in [6.45, 7) is 4.79. The summed E-state index contributed by atoms with van der Waals surface area (Å²) in [5.74, 6) is 0.730. The molecule has 0 aliphatic heterocycles. The Bertz CT molecular complexity index is 954. The lowest BCUT2D eigenvalue weighted by atomic mass is 10.0. The summed E-state index contributed by atoms with van der Waals surface area (Å²) >= 11 is 0. The molecule has 2 aromatic rings. The number of benzene rings is 2. The molecule has 3 heteroatoms. The van der Waals surface area contributed by atoms with Crippen molar-refractivity contribution in [2.45, 2.75) is 200 Å². The lowest BCUT2D eigenvalue weighted by Crippen LogP contribution is -2.08. The molecule has 0 amide bonds. The Hall–Kier alpha value is -2.29. The van der Waals surface area contributed by atoms with Crippen LogP contribution in [0.3, 0.4) is 0 Å². The Labute approximate surface area is 291 Å². The first kappa shape index (κ1) is 40.9. The van der Waals surface area contributed by atoms with E-state index < -0.39 is 0 Å². The number of hydrogen-bond acceptors (Lipinski definition) is 3. The molecule has 0 N–H and O–H groups in total. The van der Waals surface area contributed by atoms with Crippen molar-refractivity contribution < 1.29 is 14.3 Å². The van der Waals surface area contributed by atoms with E-state index >= 15 is 0 Å². The quantitative estimate of drug-likeness (QED) is 0.0585. The van der Waals surface area contributed by atoms with E-state index in [1.54, 1.807) is 0 Å². The van der Waals surface area contributed by atoms with Crippen molar-refractivity contribution in [2.75, 3.05) is 0 Å². The fourth-order valence-electron chi connectivity index (χ4n) is 6.49. The smallest absolute Gasteiger partial charge is 0.306 e. The lowest BCUT2D eigenvalue weighted by molar-refractivity contribution is -0.148. The minimum atomic E-state index is -0.241. The molecule has 0 aliphatic rings. The third kappa shape index (κ3) is 23.6. The molecule has 47 heavy (non-hydrogen) atoms. The molecule has 0 radical (unpaired) electrons. The number of hydrogen-bond donors (Lipinski definition) is 0. The molecular formula is C44H72O3. The van der Waals surface area contributed by atoms with Crippen LogP contribution in [0, 0.1) is 0 Å². The number of carbonyl (C=O) groups excluding carboxylic acids is 1. The summed E-state index contributed by atoms with van der Waals surface area (Å²) in [5.41, 5.74) is 2.14. The SMILES string of the molecule is CCCCCCCCCCCCCCCCCCCCCCCCCCCCC(=O)OC(C)c1ccc(OCc2ccccc2)cc1. The zero-order valence-corrected chi connectivity index (χ0v) is 30.8. The Morgan fingerprint density at radius 3 is 1.30 bits per heavy atom. The van der Waals surface area contributed by atoms with Gasteiger partial charge in [0.2, 0.25) is 0 Å². The summed E-state index contributed by atoms with van der Waals surface area (Å²) in [5, 5.41) is 0. The first-order chi connectivity index (χ1) is 23.2. The predicted molar refractivity (Wildman–Crippen MR) is 202 cm³/mol. The second kappa shape index (κ2) is 29.8. The van der Waals surface area contributed by atoms with Gasteiger partial charge in [-0.2, -0.15) is 0 Å². The van der Waals surface area contributed by atoms with E-state index in [9.17, 15) is 4.79 Å². The van der Waals surface area contributed by atoms with Gasteiger partial charge in [0, 0.05) is 6.42 Å². The highest BCUT2D eigenvalue weighted by atomic mass is 16.5. The van der Waals surface area contributed by atoms with Crippen molar-refractivity contribution in [1.82, 2.24) is 0 Å². The van der Waals surface area contributed by atoms with E-state index in [1.165, 1.54) is 154 Å². The topological polar surface area (TPSA) is 35.5 Å². The number of rotatable bonds is 32. The molecule has 0 bridgehead atoms. The monoisotopic (exact) mass is 649 g/mol. The van der Waals surface area contributed by atoms with Gasteiger partial charge in [-0.25, -0.2) is 0 Å². The second-order valence-corrected chi connectivity index (χ2v) is 14.1. The van der Waals surface area contributed by atoms with E-state index in [2.05, 4.69) is 19.1 Å². The van der Waals surface area contributed by atoms with Crippen LogP contribution in [0.15, 0.2) is 54.6 Å². The van der Waals surface area contributed by atoms with E-state index in [-0.39, 0.29) is 12.1 Å². The summed E-state index contributed by atoms with van der Waals surface area (Å²) in [7, 11) is 0. The molecule has 0 saturated carbocycles. The van der Waals surface area contributed by atoms with Crippen molar-refractivity contribution in [3.05, 3.63) is 65.7 Å². The van der Waals surface area contributed by atoms with Gasteiger partial charge in [0.15, 0.2) is 0 Å². The van der Waals surface area contributed by atoms with E-state index in [0.29, 0.717) is 13.0 Å². The molecular weight excluding hydrogens is 576 g/mol. The molecule has 1 unspecified atom stereocenters. The molecule has 3 nitrogen and oxygen atoms in total. The van der Waals surface area contributed by atoms with E-state index in [1.807, 2.05) is 49.4 Å². The van der Waals surface area contributed by atoms with Gasteiger partial charge in [-0.1, -0.05) is 210 Å². The highest BCUT2D eigenvalue weighted by Gasteiger charge is 2.12. The second-order valence-electron chi connectivity index (χ2n) is 14.1. The highest BCUT2D eigenvalue weighted by molar-refractivity contribution is 5.69. The molecule has 0 saturated heterocycles. The van der Waals surface area contributed by atoms with E-state index in [0.717, 1.165) is 29.7 Å². The third-order valence-electron chi connectivity index (χ3n) is 9.64. The molecule has 0 aliphatic carbocycles. The predicted octanol–water partition coefficient (Wildman–Crippen LogP) is 14.4. The van der Waals surface area contributed by atoms with Crippen molar-refractivity contribution in [3.63, 3.8) is 0 Å². The van der Waals surface area contributed by atoms with Crippen molar-refractivity contribution in [1.29, 1.82) is 0 Å². The average molecular weight is 649 g/mol. The van der Waals surface area contributed by atoms with Crippen LogP contribution >= 0.6 is 0 Å². The van der Waals surface area contributed by atoms with Crippen molar-refractivity contribution in [3.8, 4) is 5.75 Å². The maximum absolute atomic E-state index is 12.3. The average Bonchev–Trinajstić information content (AvgIpc) is 3.09. The van der Waals surface area contributed by atoms with Crippen molar-refractivity contribution in [2.24, 2.45) is 0 Å². The van der Waals surface area contributed by atoms with Crippen LogP contribution < -0.4 is 4.74 Å². The van der Waals surface area contributed by atoms with Gasteiger partial charge in [0.05, 0.1) is 0 Å². The molecule has 0 aromatic heterocycles. The minimum Gasteiger partial charge on any atom is -0.489 e. The first-order valence-electron chi connectivity index (χ1n) is 20.1. The molecule has 266 valence electrons. The molecule has 1 atom stereocenters. The van der Waals surface area contributed by atoms with Gasteiger partial charge in [-0.05, 0) is 36.6 Å². The third-order valence-corrected chi connectivity index (χ3v) is 9.64. The Balaban J connectivity index is 1.28. The number of unbranched alkanes of at least 4 members (excludes halogenated alkanes) is 25. The van der Waals surface area contributed by atoms with Gasteiger partial charge in [-0.15, -0.1) is 0 Å². The number of esters is 1. The summed E-state index contributed by atoms with van der Waals surface area (Å²) in [6, 6.07) is 18.0. The maximum atomic E-state index is 12.3. The summed E-state index contributed by atoms with van der Waals surface area (Å²) < 4.78 is 11.5. The Morgan fingerprint density at radius 2 is 0.894 bits per heavy atom. The molecule has 2 aromatic carbocycles. The van der Waals surface area contributed by atoms with Crippen LogP contribution in [0.2, 0.25) is 0 Å². The Kier molecular flexibility index (Phi) is 25.9. The van der Waals surface area contributed by atoms with Crippen molar-refractivity contribution >= 4 is 5.97 Å². The summed E-state index contributed by atoms with van der Waals surface area (Å²) in [6.07, 6.45) is 36.4. The van der Waals surface area contributed by atoms with Gasteiger partial charge in [-0.3, -0.25) is 4.79 Å². The number of ether oxygens (including phenoxy) is 2. The van der Waals surface area contributed by atoms with Crippen LogP contribution in [0.1, 0.15) is 204 Å². The van der Waals surface area contributed by atoms with Crippen LogP contribution in [0.25, 0.3) is 0 Å².